The van der Waals surface area contributed by atoms with Gasteiger partial charge in [0.25, 0.3) is 0 Å². The number of nitrogens with two attached hydrogens (primary N) is 1. The molecule has 4 unspecified atom stereocenters. The largest absolute Gasteiger partial charge is 0.394 e. The molecular formula is C13H24N4O2. The van der Waals surface area contributed by atoms with Gasteiger partial charge in [-0.05, 0) is 13.8 Å². The standard InChI is InChI=1S/C13H24N4O2/c1-9-8-19-12(7-18)6-17(9)13(10(2)14)11-4-15-16(3)5-11/h4-5,9-10,12-13,18H,6-8,14H2,1-3H3. The van der Waals surface area contributed by atoms with Crippen LogP contribution in [0.1, 0.15) is 25.5 Å². The van der Waals surface area contributed by atoms with Gasteiger partial charge in [-0.2, -0.15) is 5.10 Å². The summed E-state index contributed by atoms with van der Waals surface area (Å²) in [5.74, 6) is 0. The van der Waals surface area contributed by atoms with Gasteiger partial charge < -0.3 is 15.6 Å². The number of aryl methyl sites for hydroxylation is 1. The van der Waals surface area contributed by atoms with E-state index >= 15 is 0 Å². The maximum absolute atomic E-state index is 9.29. The molecule has 0 amide bonds. The lowest BCUT2D eigenvalue weighted by atomic mass is 9.99. The predicted molar refractivity (Wildman–Crippen MR) is 72.6 cm³/mol. The zero-order valence-corrected chi connectivity index (χ0v) is 11.9. The van der Waals surface area contributed by atoms with Crippen LogP contribution in [-0.4, -0.2) is 57.7 Å². The number of rotatable bonds is 4. The number of nitrogens with zero attached hydrogens (tertiary/aromatic N) is 3. The molecule has 0 aromatic carbocycles. The van der Waals surface area contributed by atoms with Gasteiger partial charge in [0.05, 0.1) is 31.6 Å². The lowest BCUT2D eigenvalue weighted by Gasteiger charge is -2.43. The molecular weight excluding hydrogens is 244 g/mol. The molecule has 0 aliphatic carbocycles. The molecule has 3 N–H and O–H groups in total. The summed E-state index contributed by atoms with van der Waals surface area (Å²) >= 11 is 0. The summed E-state index contributed by atoms with van der Waals surface area (Å²) in [6.45, 7) is 5.49. The Morgan fingerprint density at radius 3 is 2.89 bits per heavy atom. The lowest BCUT2D eigenvalue weighted by Crippen LogP contribution is -2.53. The van der Waals surface area contributed by atoms with E-state index in [1.165, 1.54) is 0 Å². The minimum absolute atomic E-state index is 0.0101. The summed E-state index contributed by atoms with van der Waals surface area (Å²) in [7, 11) is 1.90. The summed E-state index contributed by atoms with van der Waals surface area (Å²) < 4.78 is 7.38. The molecule has 1 aromatic rings. The second-order valence-electron chi connectivity index (χ2n) is 5.44. The number of hydrogen-bond donors (Lipinski definition) is 2. The van der Waals surface area contributed by atoms with Gasteiger partial charge in [-0.25, -0.2) is 0 Å². The highest BCUT2D eigenvalue weighted by atomic mass is 16.5. The van der Waals surface area contributed by atoms with Crippen molar-refractivity contribution in [1.82, 2.24) is 14.7 Å². The van der Waals surface area contributed by atoms with Gasteiger partial charge in [-0.3, -0.25) is 9.58 Å². The van der Waals surface area contributed by atoms with E-state index in [2.05, 4.69) is 16.9 Å². The molecule has 2 heterocycles. The Morgan fingerprint density at radius 2 is 2.37 bits per heavy atom. The quantitative estimate of drug-likeness (QED) is 0.797. The van der Waals surface area contributed by atoms with E-state index in [0.717, 1.165) is 5.56 Å². The van der Waals surface area contributed by atoms with Crippen molar-refractivity contribution in [2.24, 2.45) is 12.8 Å². The van der Waals surface area contributed by atoms with Crippen molar-refractivity contribution in [3.8, 4) is 0 Å². The Labute approximate surface area is 114 Å². The molecule has 0 spiro atoms. The zero-order valence-electron chi connectivity index (χ0n) is 11.9. The van der Waals surface area contributed by atoms with Gasteiger partial charge in [-0.15, -0.1) is 0 Å². The number of aromatic nitrogens is 2. The molecule has 2 rings (SSSR count). The Morgan fingerprint density at radius 1 is 1.63 bits per heavy atom. The van der Waals surface area contributed by atoms with Crippen LogP contribution in [0, 0.1) is 0 Å². The summed E-state index contributed by atoms with van der Waals surface area (Å²) in [5.41, 5.74) is 7.29. The molecule has 4 atom stereocenters. The van der Waals surface area contributed by atoms with Crippen molar-refractivity contribution in [3.63, 3.8) is 0 Å². The van der Waals surface area contributed by atoms with Gasteiger partial charge in [0.1, 0.15) is 0 Å². The normalized spacial score (nSPS) is 28.3. The minimum Gasteiger partial charge on any atom is -0.394 e. The fraction of sp³-hybridized carbons (Fsp3) is 0.769. The molecule has 1 aromatic heterocycles. The highest BCUT2D eigenvalue weighted by molar-refractivity contribution is 5.14. The Hall–Kier alpha value is -0.950. The molecule has 1 aliphatic rings. The van der Waals surface area contributed by atoms with E-state index in [-0.39, 0.29) is 30.8 Å². The van der Waals surface area contributed by atoms with Crippen LogP contribution in [0.4, 0.5) is 0 Å². The third-order valence-corrected chi connectivity index (χ3v) is 3.68. The monoisotopic (exact) mass is 268 g/mol. The van der Waals surface area contributed by atoms with Crippen LogP contribution in [0.15, 0.2) is 12.4 Å². The highest BCUT2D eigenvalue weighted by Gasteiger charge is 2.34. The van der Waals surface area contributed by atoms with E-state index in [1.807, 2.05) is 26.4 Å². The Balaban J connectivity index is 2.22. The Kier molecular flexibility index (Phi) is 4.57. The van der Waals surface area contributed by atoms with Crippen molar-refractivity contribution in [3.05, 3.63) is 18.0 Å². The second-order valence-corrected chi connectivity index (χ2v) is 5.44. The van der Waals surface area contributed by atoms with Crippen LogP contribution >= 0.6 is 0 Å². The van der Waals surface area contributed by atoms with Gasteiger partial charge in [0.15, 0.2) is 0 Å². The number of aliphatic hydroxyl groups excluding tert-OH is 1. The molecule has 1 aliphatic heterocycles. The number of aliphatic hydroxyl groups is 1. The topological polar surface area (TPSA) is 76.5 Å². The van der Waals surface area contributed by atoms with E-state index < -0.39 is 0 Å². The molecule has 1 saturated heterocycles. The van der Waals surface area contributed by atoms with E-state index in [4.69, 9.17) is 10.5 Å². The van der Waals surface area contributed by atoms with Gasteiger partial charge >= 0.3 is 0 Å². The fourth-order valence-corrected chi connectivity index (χ4v) is 2.73. The lowest BCUT2D eigenvalue weighted by molar-refractivity contribution is -0.0941. The van der Waals surface area contributed by atoms with Crippen molar-refractivity contribution >= 4 is 0 Å². The first-order chi connectivity index (χ1) is 9.02. The van der Waals surface area contributed by atoms with Crippen LogP contribution in [0.5, 0.6) is 0 Å². The highest BCUT2D eigenvalue weighted by Crippen LogP contribution is 2.28. The SMILES string of the molecule is CC(N)C(c1cnn(C)c1)N1CC(CO)OCC1C. The molecule has 0 bridgehead atoms. The fourth-order valence-electron chi connectivity index (χ4n) is 2.73. The van der Waals surface area contributed by atoms with Crippen LogP contribution in [0.2, 0.25) is 0 Å². The summed E-state index contributed by atoms with van der Waals surface area (Å²) in [6.07, 6.45) is 3.74. The average Bonchev–Trinajstić information content (AvgIpc) is 2.78. The van der Waals surface area contributed by atoms with Crippen LogP contribution in [-0.2, 0) is 11.8 Å². The predicted octanol–water partition coefficient (Wildman–Crippen LogP) is -0.110. The van der Waals surface area contributed by atoms with Crippen molar-refractivity contribution < 1.29 is 9.84 Å². The van der Waals surface area contributed by atoms with Gasteiger partial charge in [-0.1, -0.05) is 0 Å². The molecule has 0 radical (unpaired) electrons. The van der Waals surface area contributed by atoms with E-state index in [9.17, 15) is 5.11 Å². The first-order valence-electron chi connectivity index (χ1n) is 6.75. The van der Waals surface area contributed by atoms with Crippen LogP contribution in [0.25, 0.3) is 0 Å². The number of morpholine rings is 1. The number of hydrogen-bond acceptors (Lipinski definition) is 5. The summed E-state index contributed by atoms with van der Waals surface area (Å²) in [4.78, 5) is 2.31. The third-order valence-electron chi connectivity index (χ3n) is 3.68. The van der Waals surface area contributed by atoms with E-state index in [0.29, 0.717) is 13.2 Å². The average molecular weight is 268 g/mol. The second kappa shape index (κ2) is 6.00. The first kappa shape index (κ1) is 14.5. The zero-order chi connectivity index (χ0) is 14.0. The first-order valence-corrected chi connectivity index (χ1v) is 6.75. The van der Waals surface area contributed by atoms with Crippen molar-refractivity contribution in [2.45, 2.75) is 38.1 Å². The maximum Gasteiger partial charge on any atom is 0.0933 e. The third kappa shape index (κ3) is 3.14. The molecule has 0 saturated carbocycles. The molecule has 6 heteroatoms. The summed E-state index contributed by atoms with van der Waals surface area (Å²) in [5, 5.41) is 13.5. The van der Waals surface area contributed by atoms with Crippen LogP contribution in [0.3, 0.4) is 0 Å². The van der Waals surface area contributed by atoms with Crippen molar-refractivity contribution in [2.75, 3.05) is 19.8 Å². The van der Waals surface area contributed by atoms with E-state index in [1.54, 1.807) is 4.68 Å². The smallest absolute Gasteiger partial charge is 0.0933 e. The van der Waals surface area contributed by atoms with Crippen LogP contribution < -0.4 is 5.73 Å². The van der Waals surface area contributed by atoms with Gasteiger partial charge in [0.2, 0.25) is 0 Å². The maximum atomic E-state index is 9.29. The minimum atomic E-state index is -0.130. The molecule has 108 valence electrons. The molecule has 6 nitrogen and oxygen atoms in total. The molecule has 1 fully saturated rings. The number of ether oxygens (including phenoxy) is 1. The van der Waals surface area contributed by atoms with Crippen molar-refractivity contribution in [1.29, 1.82) is 0 Å². The van der Waals surface area contributed by atoms with Gasteiger partial charge in [0, 0.05) is 37.4 Å². The summed E-state index contributed by atoms with van der Waals surface area (Å²) in [6, 6.07) is 0.366. The molecule has 19 heavy (non-hydrogen) atoms. The Bertz CT molecular complexity index is 407.